The van der Waals surface area contributed by atoms with Crippen LogP contribution in [0.4, 0.5) is 5.69 Å². The van der Waals surface area contributed by atoms with E-state index in [0.717, 1.165) is 75.6 Å². The molecule has 1 saturated carbocycles. The second kappa shape index (κ2) is 8.35. The molecule has 2 N–H and O–H groups in total. The average Bonchev–Trinajstić information content (AvgIpc) is 2.67. The number of piperazine rings is 1. The maximum atomic E-state index is 11.2. The van der Waals surface area contributed by atoms with Crippen LogP contribution in [0.2, 0.25) is 0 Å². The Hall–Kier alpha value is -2.06. The highest BCUT2D eigenvalue weighted by Crippen LogP contribution is 2.31. The lowest BCUT2D eigenvalue weighted by atomic mass is 9.80. The highest BCUT2D eigenvalue weighted by Gasteiger charge is 2.25. The Kier molecular flexibility index (Phi) is 5.93. The third-order valence-corrected chi connectivity index (χ3v) is 5.84. The molecule has 0 radical (unpaired) electrons. The van der Waals surface area contributed by atoms with E-state index in [4.69, 9.17) is 5.73 Å². The van der Waals surface area contributed by atoms with Gasteiger partial charge in [0, 0.05) is 32.1 Å². The molecule has 1 heterocycles. The van der Waals surface area contributed by atoms with Crippen molar-refractivity contribution in [3.63, 3.8) is 0 Å². The molecule has 2 aliphatic rings. The van der Waals surface area contributed by atoms with Gasteiger partial charge in [-0.05, 0) is 56.7 Å². The maximum Gasteiger partial charge on any atom is 0.220 e. The van der Waals surface area contributed by atoms with Crippen LogP contribution in [0.1, 0.15) is 37.7 Å². The minimum atomic E-state index is -0.118. The van der Waals surface area contributed by atoms with Crippen LogP contribution in [0.15, 0.2) is 24.3 Å². The Labute approximate surface area is 150 Å². The first-order valence-corrected chi connectivity index (χ1v) is 9.43. The van der Waals surface area contributed by atoms with E-state index in [9.17, 15) is 10.1 Å². The molecule has 0 atom stereocenters. The zero-order chi connectivity index (χ0) is 17.6. The zero-order valence-electron chi connectivity index (χ0n) is 14.9. The molecule has 25 heavy (non-hydrogen) atoms. The Morgan fingerprint density at radius 1 is 1.12 bits per heavy atom. The standard InChI is InChI=1S/C20H28N4O/c21-15-18-3-1-2-4-19(18)24-13-11-23(12-14-24)10-9-16-5-7-17(8-6-16)20(22)25/h1-4,16-17H,5-14H2,(H2,22,25). The molecule has 5 nitrogen and oxygen atoms in total. The van der Waals surface area contributed by atoms with Gasteiger partial charge in [0.2, 0.25) is 5.91 Å². The van der Waals surface area contributed by atoms with Crippen molar-refractivity contribution in [3.05, 3.63) is 29.8 Å². The largest absolute Gasteiger partial charge is 0.369 e. The van der Waals surface area contributed by atoms with Gasteiger partial charge in [0.1, 0.15) is 6.07 Å². The van der Waals surface area contributed by atoms with Gasteiger partial charge in [-0.1, -0.05) is 12.1 Å². The first-order chi connectivity index (χ1) is 12.2. The van der Waals surface area contributed by atoms with E-state index in [1.165, 1.54) is 6.42 Å². The number of rotatable bonds is 5. The van der Waals surface area contributed by atoms with Crippen LogP contribution in [0.5, 0.6) is 0 Å². The van der Waals surface area contributed by atoms with E-state index < -0.39 is 0 Å². The third kappa shape index (κ3) is 4.52. The second-order valence-corrected chi connectivity index (χ2v) is 7.37. The van der Waals surface area contributed by atoms with Crippen molar-refractivity contribution in [3.8, 4) is 6.07 Å². The number of nitriles is 1. The lowest BCUT2D eigenvalue weighted by Crippen LogP contribution is -2.47. The molecule has 0 bridgehead atoms. The van der Waals surface area contributed by atoms with Gasteiger partial charge in [-0.2, -0.15) is 5.26 Å². The van der Waals surface area contributed by atoms with E-state index in [-0.39, 0.29) is 11.8 Å². The van der Waals surface area contributed by atoms with Crippen molar-refractivity contribution in [2.75, 3.05) is 37.6 Å². The number of benzene rings is 1. The summed E-state index contributed by atoms with van der Waals surface area (Å²) in [6.45, 7) is 5.20. The lowest BCUT2D eigenvalue weighted by Gasteiger charge is -2.37. The van der Waals surface area contributed by atoms with Crippen LogP contribution in [-0.4, -0.2) is 43.5 Å². The summed E-state index contributed by atoms with van der Waals surface area (Å²) in [6, 6.07) is 10.2. The Morgan fingerprint density at radius 2 is 1.80 bits per heavy atom. The van der Waals surface area contributed by atoms with Crippen molar-refractivity contribution < 1.29 is 4.79 Å². The van der Waals surface area contributed by atoms with Crippen LogP contribution in [0.25, 0.3) is 0 Å². The van der Waals surface area contributed by atoms with Gasteiger partial charge in [0.25, 0.3) is 0 Å². The van der Waals surface area contributed by atoms with Crippen molar-refractivity contribution in [1.82, 2.24) is 4.90 Å². The molecule has 134 valence electrons. The zero-order valence-corrected chi connectivity index (χ0v) is 14.9. The molecule has 1 aromatic carbocycles. The summed E-state index contributed by atoms with van der Waals surface area (Å²) in [5, 5.41) is 9.27. The summed E-state index contributed by atoms with van der Waals surface area (Å²) >= 11 is 0. The molecule has 1 saturated heterocycles. The van der Waals surface area contributed by atoms with E-state index in [1.54, 1.807) is 0 Å². The molecule has 1 aliphatic heterocycles. The molecular weight excluding hydrogens is 312 g/mol. The van der Waals surface area contributed by atoms with Crippen LogP contribution < -0.4 is 10.6 Å². The Bertz CT molecular complexity index is 623. The molecule has 1 aromatic rings. The summed E-state index contributed by atoms with van der Waals surface area (Å²) in [4.78, 5) is 16.1. The average molecular weight is 340 g/mol. The quantitative estimate of drug-likeness (QED) is 0.893. The number of carbonyl (C=O) groups is 1. The highest BCUT2D eigenvalue weighted by molar-refractivity contribution is 5.76. The van der Waals surface area contributed by atoms with Gasteiger partial charge in [0.15, 0.2) is 0 Å². The minimum absolute atomic E-state index is 0.111. The fourth-order valence-electron chi connectivity index (χ4n) is 4.16. The van der Waals surface area contributed by atoms with Gasteiger partial charge in [0.05, 0.1) is 11.3 Å². The summed E-state index contributed by atoms with van der Waals surface area (Å²) in [7, 11) is 0. The summed E-state index contributed by atoms with van der Waals surface area (Å²) in [6.07, 6.45) is 5.45. The van der Waals surface area contributed by atoms with E-state index >= 15 is 0 Å². The van der Waals surface area contributed by atoms with E-state index in [0.29, 0.717) is 0 Å². The number of nitrogens with two attached hydrogens (primary N) is 1. The predicted molar refractivity (Wildman–Crippen MR) is 99.1 cm³/mol. The molecular formula is C20H28N4O. The van der Waals surface area contributed by atoms with Crippen LogP contribution in [-0.2, 0) is 4.79 Å². The van der Waals surface area contributed by atoms with Gasteiger partial charge in [-0.15, -0.1) is 0 Å². The molecule has 0 spiro atoms. The van der Waals surface area contributed by atoms with Crippen molar-refractivity contribution in [2.24, 2.45) is 17.6 Å². The second-order valence-electron chi connectivity index (χ2n) is 7.37. The summed E-state index contributed by atoms with van der Waals surface area (Å²) in [5.41, 5.74) is 7.24. The molecule has 0 aromatic heterocycles. The monoisotopic (exact) mass is 340 g/mol. The number of carbonyl (C=O) groups excluding carboxylic acids is 1. The molecule has 3 rings (SSSR count). The number of nitrogens with zero attached hydrogens (tertiary/aromatic N) is 3. The van der Waals surface area contributed by atoms with Gasteiger partial charge in [-0.3, -0.25) is 9.69 Å². The fraction of sp³-hybridized carbons (Fsp3) is 0.600. The smallest absolute Gasteiger partial charge is 0.220 e. The molecule has 1 amide bonds. The van der Waals surface area contributed by atoms with Crippen LogP contribution in [0.3, 0.4) is 0 Å². The van der Waals surface area contributed by atoms with Crippen LogP contribution in [0, 0.1) is 23.2 Å². The molecule has 1 aliphatic carbocycles. The van der Waals surface area contributed by atoms with Crippen molar-refractivity contribution in [2.45, 2.75) is 32.1 Å². The summed E-state index contributed by atoms with van der Waals surface area (Å²) in [5.74, 6) is 0.736. The maximum absolute atomic E-state index is 11.2. The van der Waals surface area contributed by atoms with E-state index in [2.05, 4.69) is 15.9 Å². The molecule has 5 heteroatoms. The Morgan fingerprint density at radius 3 is 2.44 bits per heavy atom. The topological polar surface area (TPSA) is 73.4 Å². The highest BCUT2D eigenvalue weighted by atomic mass is 16.1. The predicted octanol–water partition coefficient (Wildman–Crippen LogP) is 2.36. The van der Waals surface area contributed by atoms with E-state index in [1.807, 2.05) is 24.3 Å². The Balaban J connectivity index is 1.41. The SMILES string of the molecule is N#Cc1ccccc1N1CCN(CCC2CCC(C(N)=O)CC2)CC1. The number of hydrogen-bond acceptors (Lipinski definition) is 4. The number of anilines is 1. The number of amides is 1. The normalized spacial score (nSPS) is 24.7. The van der Waals surface area contributed by atoms with Crippen molar-refractivity contribution >= 4 is 11.6 Å². The number of primary amides is 1. The fourth-order valence-corrected chi connectivity index (χ4v) is 4.16. The van der Waals surface area contributed by atoms with Crippen LogP contribution >= 0.6 is 0 Å². The number of hydrogen-bond donors (Lipinski definition) is 1. The van der Waals surface area contributed by atoms with Gasteiger partial charge >= 0.3 is 0 Å². The third-order valence-electron chi connectivity index (χ3n) is 5.84. The molecule has 2 fully saturated rings. The number of para-hydroxylation sites is 1. The first kappa shape index (κ1) is 17.8. The first-order valence-electron chi connectivity index (χ1n) is 9.43. The summed E-state index contributed by atoms with van der Waals surface area (Å²) < 4.78 is 0. The van der Waals surface area contributed by atoms with Gasteiger partial charge < -0.3 is 10.6 Å². The van der Waals surface area contributed by atoms with Crippen molar-refractivity contribution in [1.29, 1.82) is 5.26 Å². The molecule has 0 unspecified atom stereocenters. The lowest BCUT2D eigenvalue weighted by molar-refractivity contribution is -0.123. The van der Waals surface area contributed by atoms with Gasteiger partial charge in [-0.25, -0.2) is 0 Å². The minimum Gasteiger partial charge on any atom is -0.369 e.